The van der Waals surface area contributed by atoms with Crippen molar-refractivity contribution in [3.63, 3.8) is 0 Å². The molecule has 1 aromatic carbocycles. The van der Waals surface area contributed by atoms with Gasteiger partial charge in [-0.3, -0.25) is 4.79 Å². The molecule has 0 aliphatic carbocycles. The molecule has 2 heterocycles. The van der Waals surface area contributed by atoms with E-state index in [1.807, 2.05) is 19.1 Å². The van der Waals surface area contributed by atoms with Crippen LogP contribution in [0.5, 0.6) is 0 Å². The van der Waals surface area contributed by atoms with Crippen LogP contribution in [0.1, 0.15) is 28.6 Å². The van der Waals surface area contributed by atoms with Crippen LogP contribution in [0.2, 0.25) is 0 Å². The van der Waals surface area contributed by atoms with Gasteiger partial charge in [0.2, 0.25) is 0 Å². The Bertz CT molecular complexity index is 813. The van der Waals surface area contributed by atoms with Crippen LogP contribution in [-0.4, -0.2) is 54.4 Å². The number of guanidine groups is 1. The van der Waals surface area contributed by atoms with Gasteiger partial charge < -0.3 is 19.5 Å². The zero-order valence-electron chi connectivity index (χ0n) is 15.4. The lowest BCUT2D eigenvalue weighted by molar-refractivity contribution is 0.0657. The van der Waals surface area contributed by atoms with Gasteiger partial charge in [-0.05, 0) is 36.8 Å². The standard InChI is InChI=1S/C20H23N5O2/c1-2-22-20(23-15-17-7-5-16(14-21)6-8-17)25-11-9-24(10-12-25)19(26)18-4-3-13-27-18/h3-8,13H,2,9-12,15H2,1H3,(H,22,23). The molecular weight excluding hydrogens is 342 g/mol. The molecule has 0 atom stereocenters. The van der Waals surface area contributed by atoms with Crippen LogP contribution < -0.4 is 5.32 Å². The quantitative estimate of drug-likeness (QED) is 0.662. The normalized spacial score (nSPS) is 14.7. The van der Waals surface area contributed by atoms with E-state index in [9.17, 15) is 4.79 Å². The minimum Gasteiger partial charge on any atom is -0.459 e. The number of benzene rings is 1. The van der Waals surface area contributed by atoms with Crippen LogP contribution in [0.4, 0.5) is 0 Å². The molecule has 27 heavy (non-hydrogen) atoms. The van der Waals surface area contributed by atoms with Gasteiger partial charge >= 0.3 is 0 Å². The maximum Gasteiger partial charge on any atom is 0.289 e. The molecule has 0 radical (unpaired) electrons. The van der Waals surface area contributed by atoms with Crippen LogP contribution in [0.3, 0.4) is 0 Å². The predicted octanol–water partition coefficient (Wildman–Crippen LogP) is 2.07. The van der Waals surface area contributed by atoms with Gasteiger partial charge in [-0.15, -0.1) is 0 Å². The summed E-state index contributed by atoms with van der Waals surface area (Å²) >= 11 is 0. The molecule has 3 rings (SSSR count). The molecule has 1 amide bonds. The first-order valence-electron chi connectivity index (χ1n) is 9.06. The molecule has 140 valence electrons. The van der Waals surface area contributed by atoms with E-state index in [0.29, 0.717) is 44.0 Å². The third kappa shape index (κ3) is 4.67. The first-order chi connectivity index (χ1) is 13.2. The second kappa shape index (κ2) is 8.90. The van der Waals surface area contributed by atoms with Crippen molar-refractivity contribution in [2.45, 2.75) is 13.5 Å². The van der Waals surface area contributed by atoms with Gasteiger partial charge in [-0.1, -0.05) is 12.1 Å². The number of nitrogens with zero attached hydrogens (tertiary/aromatic N) is 4. The van der Waals surface area contributed by atoms with E-state index in [-0.39, 0.29) is 5.91 Å². The third-order valence-electron chi connectivity index (χ3n) is 4.43. The molecule has 1 fully saturated rings. The summed E-state index contributed by atoms with van der Waals surface area (Å²) in [7, 11) is 0. The van der Waals surface area contributed by atoms with Gasteiger partial charge in [0.15, 0.2) is 11.7 Å². The van der Waals surface area contributed by atoms with Crippen molar-refractivity contribution in [1.29, 1.82) is 5.26 Å². The van der Waals surface area contributed by atoms with Gasteiger partial charge in [0.25, 0.3) is 5.91 Å². The first-order valence-corrected chi connectivity index (χ1v) is 9.06. The monoisotopic (exact) mass is 365 g/mol. The second-order valence-corrected chi connectivity index (χ2v) is 6.24. The molecule has 1 aliphatic heterocycles. The number of amides is 1. The average molecular weight is 365 g/mol. The summed E-state index contributed by atoms with van der Waals surface area (Å²) in [5.41, 5.74) is 1.70. The minimum absolute atomic E-state index is 0.0702. The summed E-state index contributed by atoms with van der Waals surface area (Å²) in [5.74, 6) is 1.15. The number of piperazine rings is 1. The van der Waals surface area contributed by atoms with Crippen molar-refractivity contribution in [2.24, 2.45) is 4.99 Å². The lowest BCUT2D eigenvalue weighted by Gasteiger charge is -2.36. The highest BCUT2D eigenvalue weighted by Crippen LogP contribution is 2.10. The van der Waals surface area contributed by atoms with Gasteiger partial charge in [0.05, 0.1) is 24.4 Å². The summed E-state index contributed by atoms with van der Waals surface area (Å²) in [6.07, 6.45) is 1.52. The number of carbonyl (C=O) groups is 1. The second-order valence-electron chi connectivity index (χ2n) is 6.24. The van der Waals surface area contributed by atoms with Crippen LogP contribution in [0, 0.1) is 11.3 Å². The highest BCUT2D eigenvalue weighted by Gasteiger charge is 2.25. The molecule has 0 unspecified atom stereocenters. The fourth-order valence-electron chi connectivity index (χ4n) is 2.95. The van der Waals surface area contributed by atoms with E-state index >= 15 is 0 Å². The van der Waals surface area contributed by atoms with Gasteiger partial charge in [0.1, 0.15) is 0 Å². The molecule has 1 N–H and O–H groups in total. The third-order valence-corrected chi connectivity index (χ3v) is 4.43. The number of nitriles is 1. The van der Waals surface area contributed by atoms with Gasteiger partial charge in [0, 0.05) is 32.7 Å². The topological polar surface area (TPSA) is 84.9 Å². The Morgan fingerprint density at radius 2 is 1.89 bits per heavy atom. The molecule has 1 saturated heterocycles. The van der Waals surface area contributed by atoms with Crippen LogP contribution in [0.25, 0.3) is 0 Å². The Morgan fingerprint density at radius 1 is 1.19 bits per heavy atom. The molecule has 0 spiro atoms. The van der Waals surface area contributed by atoms with E-state index in [1.165, 1.54) is 6.26 Å². The smallest absolute Gasteiger partial charge is 0.289 e. The Morgan fingerprint density at radius 3 is 2.48 bits per heavy atom. The van der Waals surface area contributed by atoms with Crippen LogP contribution in [0.15, 0.2) is 52.1 Å². The van der Waals surface area contributed by atoms with Crippen LogP contribution >= 0.6 is 0 Å². The van der Waals surface area contributed by atoms with Gasteiger partial charge in [-0.25, -0.2) is 4.99 Å². The molecule has 0 saturated carbocycles. The first kappa shape index (κ1) is 18.5. The number of furan rings is 1. The summed E-state index contributed by atoms with van der Waals surface area (Å²) in [6.45, 7) is 6.03. The van der Waals surface area contributed by atoms with Crippen molar-refractivity contribution >= 4 is 11.9 Å². The van der Waals surface area contributed by atoms with Crippen molar-refractivity contribution in [3.05, 3.63) is 59.5 Å². The number of aliphatic imine (C=N–C) groups is 1. The number of nitrogens with one attached hydrogen (secondary N) is 1. The Labute approximate surface area is 158 Å². The number of rotatable bonds is 4. The van der Waals surface area contributed by atoms with E-state index in [4.69, 9.17) is 14.7 Å². The lowest BCUT2D eigenvalue weighted by atomic mass is 10.1. The molecule has 1 aromatic heterocycles. The molecule has 1 aliphatic rings. The van der Waals surface area contributed by atoms with Crippen molar-refractivity contribution in [3.8, 4) is 6.07 Å². The highest BCUT2D eigenvalue weighted by molar-refractivity contribution is 5.91. The highest BCUT2D eigenvalue weighted by atomic mass is 16.3. The zero-order chi connectivity index (χ0) is 19.1. The maximum atomic E-state index is 12.4. The Balaban J connectivity index is 1.60. The molecule has 0 bridgehead atoms. The Kier molecular flexibility index (Phi) is 6.10. The largest absolute Gasteiger partial charge is 0.459 e. The van der Waals surface area contributed by atoms with E-state index < -0.39 is 0 Å². The molecular formula is C20H23N5O2. The summed E-state index contributed by atoms with van der Waals surface area (Å²) < 4.78 is 5.20. The van der Waals surface area contributed by atoms with Crippen molar-refractivity contribution in [1.82, 2.24) is 15.1 Å². The number of carbonyl (C=O) groups excluding carboxylic acids is 1. The molecule has 7 heteroatoms. The fourth-order valence-corrected chi connectivity index (χ4v) is 2.95. The number of hydrogen-bond donors (Lipinski definition) is 1. The van der Waals surface area contributed by atoms with Crippen LogP contribution in [-0.2, 0) is 6.54 Å². The van der Waals surface area contributed by atoms with Gasteiger partial charge in [-0.2, -0.15) is 5.26 Å². The average Bonchev–Trinajstić information content (AvgIpc) is 3.26. The Hall–Kier alpha value is -3.27. The summed E-state index contributed by atoms with van der Waals surface area (Å²) in [5, 5.41) is 12.2. The number of hydrogen-bond acceptors (Lipinski definition) is 4. The molecule has 7 nitrogen and oxygen atoms in total. The predicted molar refractivity (Wildman–Crippen MR) is 102 cm³/mol. The van der Waals surface area contributed by atoms with E-state index in [2.05, 4.69) is 16.3 Å². The maximum absolute atomic E-state index is 12.4. The van der Waals surface area contributed by atoms with Crippen molar-refractivity contribution in [2.75, 3.05) is 32.7 Å². The lowest BCUT2D eigenvalue weighted by Crippen LogP contribution is -2.53. The zero-order valence-corrected chi connectivity index (χ0v) is 15.4. The molecule has 2 aromatic rings. The fraction of sp³-hybridized carbons (Fsp3) is 0.350. The van der Waals surface area contributed by atoms with E-state index in [0.717, 1.165) is 18.1 Å². The van der Waals surface area contributed by atoms with E-state index in [1.54, 1.807) is 29.2 Å². The summed E-state index contributed by atoms with van der Waals surface area (Å²) in [6, 6.07) is 13.0. The summed E-state index contributed by atoms with van der Waals surface area (Å²) in [4.78, 5) is 21.1. The minimum atomic E-state index is -0.0702. The SMILES string of the molecule is CCNC(=NCc1ccc(C#N)cc1)N1CCN(C(=O)c2ccco2)CC1. The van der Waals surface area contributed by atoms with Crippen molar-refractivity contribution < 1.29 is 9.21 Å².